The Labute approximate surface area is 123 Å². The Kier molecular flexibility index (Phi) is 3.56. The molecular weight excluding hydrogens is 264 g/mol. The van der Waals surface area contributed by atoms with Crippen LogP contribution in [0.5, 0.6) is 0 Å². The molecular formula is C16H18N4O. The highest BCUT2D eigenvalue weighted by Gasteiger charge is 2.15. The lowest BCUT2D eigenvalue weighted by molar-refractivity contribution is 0.102. The van der Waals surface area contributed by atoms with Gasteiger partial charge in [0.25, 0.3) is 5.91 Å². The summed E-state index contributed by atoms with van der Waals surface area (Å²) in [6.45, 7) is 4.77. The number of nitrogens with one attached hydrogen (secondary N) is 2. The van der Waals surface area contributed by atoms with Crippen molar-refractivity contribution in [3.8, 4) is 0 Å². The molecule has 0 spiro atoms. The van der Waals surface area contributed by atoms with Crippen molar-refractivity contribution in [2.45, 2.75) is 26.7 Å². The SMILES string of the molecule is CCc1nnc(C)cc1C(=O)Nc1ccc2c(c1)CCN2. The average Bonchev–Trinajstić information content (AvgIpc) is 2.94. The first kappa shape index (κ1) is 13.5. The first-order valence-corrected chi connectivity index (χ1v) is 7.18. The summed E-state index contributed by atoms with van der Waals surface area (Å²) >= 11 is 0. The summed E-state index contributed by atoms with van der Waals surface area (Å²) in [5.41, 5.74) is 5.29. The monoisotopic (exact) mass is 282 g/mol. The minimum atomic E-state index is -0.129. The summed E-state index contributed by atoms with van der Waals surface area (Å²) < 4.78 is 0. The van der Waals surface area contributed by atoms with Gasteiger partial charge in [0, 0.05) is 17.9 Å². The standard InChI is InChI=1S/C16H18N4O/c1-3-14-13(8-10(2)19-20-14)16(21)18-12-4-5-15-11(9-12)6-7-17-15/h4-5,8-9,17H,3,6-7H2,1-2H3,(H,18,21). The van der Waals surface area contributed by atoms with Gasteiger partial charge in [-0.15, -0.1) is 0 Å². The van der Waals surface area contributed by atoms with Gasteiger partial charge >= 0.3 is 0 Å². The molecule has 0 bridgehead atoms. The molecule has 2 aromatic rings. The lowest BCUT2D eigenvalue weighted by atomic mass is 10.1. The molecule has 108 valence electrons. The minimum absolute atomic E-state index is 0.129. The van der Waals surface area contributed by atoms with Crippen LogP contribution in [0.2, 0.25) is 0 Å². The highest BCUT2D eigenvalue weighted by atomic mass is 16.1. The first-order valence-electron chi connectivity index (χ1n) is 7.18. The molecule has 2 N–H and O–H groups in total. The number of fused-ring (bicyclic) bond motifs is 1. The molecule has 0 atom stereocenters. The maximum Gasteiger partial charge on any atom is 0.257 e. The van der Waals surface area contributed by atoms with Crippen molar-refractivity contribution in [2.24, 2.45) is 0 Å². The zero-order valence-electron chi connectivity index (χ0n) is 12.2. The predicted molar refractivity (Wildman–Crippen MR) is 82.7 cm³/mol. The van der Waals surface area contributed by atoms with E-state index in [-0.39, 0.29) is 5.91 Å². The van der Waals surface area contributed by atoms with Gasteiger partial charge in [0.1, 0.15) is 0 Å². The topological polar surface area (TPSA) is 66.9 Å². The van der Waals surface area contributed by atoms with Crippen molar-refractivity contribution >= 4 is 17.3 Å². The van der Waals surface area contributed by atoms with Crippen LogP contribution in [0.3, 0.4) is 0 Å². The molecule has 0 saturated heterocycles. The van der Waals surface area contributed by atoms with Crippen LogP contribution in [0.25, 0.3) is 0 Å². The lowest BCUT2D eigenvalue weighted by Gasteiger charge is -2.10. The van der Waals surface area contributed by atoms with Gasteiger partial charge < -0.3 is 10.6 Å². The number of amides is 1. The Bertz CT molecular complexity index is 697. The van der Waals surface area contributed by atoms with E-state index in [0.717, 1.165) is 35.7 Å². The third kappa shape index (κ3) is 2.72. The molecule has 5 nitrogen and oxygen atoms in total. The van der Waals surface area contributed by atoms with Gasteiger partial charge in [0.05, 0.1) is 17.0 Å². The fraction of sp³-hybridized carbons (Fsp3) is 0.312. The second-order valence-corrected chi connectivity index (χ2v) is 5.20. The van der Waals surface area contributed by atoms with Crippen LogP contribution < -0.4 is 10.6 Å². The number of nitrogens with zero attached hydrogens (tertiary/aromatic N) is 2. The highest BCUT2D eigenvalue weighted by Crippen LogP contribution is 2.25. The van der Waals surface area contributed by atoms with Crippen molar-refractivity contribution in [3.05, 3.63) is 46.8 Å². The number of rotatable bonds is 3. The number of hydrogen-bond donors (Lipinski definition) is 2. The van der Waals surface area contributed by atoms with E-state index < -0.39 is 0 Å². The summed E-state index contributed by atoms with van der Waals surface area (Å²) in [4.78, 5) is 12.5. The molecule has 0 radical (unpaired) electrons. The predicted octanol–water partition coefficient (Wildman–Crippen LogP) is 2.57. The van der Waals surface area contributed by atoms with E-state index >= 15 is 0 Å². The van der Waals surface area contributed by atoms with E-state index in [1.165, 1.54) is 5.56 Å². The summed E-state index contributed by atoms with van der Waals surface area (Å²) in [7, 11) is 0. The Morgan fingerprint density at radius 2 is 2.19 bits per heavy atom. The molecule has 0 fully saturated rings. The van der Waals surface area contributed by atoms with Gasteiger partial charge in [-0.3, -0.25) is 4.79 Å². The molecule has 21 heavy (non-hydrogen) atoms. The van der Waals surface area contributed by atoms with Crippen molar-refractivity contribution in [1.82, 2.24) is 10.2 Å². The maximum absolute atomic E-state index is 12.5. The van der Waals surface area contributed by atoms with E-state index in [1.54, 1.807) is 6.07 Å². The molecule has 1 aliphatic heterocycles. The first-order chi connectivity index (χ1) is 10.2. The number of aromatic nitrogens is 2. The fourth-order valence-corrected chi connectivity index (χ4v) is 2.55. The Morgan fingerprint density at radius 1 is 1.33 bits per heavy atom. The summed E-state index contributed by atoms with van der Waals surface area (Å²) in [5.74, 6) is -0.129. The van der Waals surface area contributed by atoms with Crippen LogP contribution in [0, 0.1) is 6.92 Å². The molecule has 3 rings (SSSR count). The average molecular weight is 282 g/mol. The van der Waals surface area contributed by atoms with E-state index in [1.807, 2.05) is 32.0 Å². The highest BCUT2D eigenvalue weighted by molar-refractivity contribution is 6.05. The lowest BCUT2D eigenvalue weighted by Crippen LogP contribution is -2.16. The summed E-state index contributed by atoms with van der Waals surface area (Å²) in [5, 5.41) is 14.4. The van der Waals surface area contributed by atoms with Crippen molar-refractivity contribution in [2.75, 3.05) is 17.2 Å². The van der Waals surface area contributed by atoms with E-state index in [4.69, 9.17) is 0 Å². The Morgan fingerprint density at radius 3 is 3.00 bits per heavy atom. The van der Waals surface area contributed by atoms with Gasteiger partial charge in [-0.1, -0.05) is 6.92 Å². The van der Waals surface area contributed by atoms with Gasteiger partial charge in [-0.2, -0.15) is 10.2 Å². The second kappa shape index (κ2) is 5.52. The number of anilines is 2. The van der Waals surface area contributed by atoms with Crippen molar-refractivity contribution in [1.29, 1.82) is 0 Å². The molecule has 5 heteroatoms. The Hall–Kier alpha value is -2.43. The number of hydrogen-bond acceptors (Lipinski definition) is 4. The number of aryl methyl sites for hydroxylation is 2. The van der Waals surface area contributed by atoms with E-state index in [2.05, 4.69) is 20.8 Å². The zero-order chi connectivity index (χ0) is 14.8. The second-order valence-electron chi connectivity index (χ2n) is 5.20. The normalized spacial score (nSPS) is 12.7. The third-order valence-electron chi connectivity index (χ3n) is 3.64. The van der Waals surface area contributed by atoms with Gasteiger partial charge in [0.2, 0.25) is 0 Å². The molecule has 0 aliphatic carbocycles. The van der Waals surface area contributed by atoms with Crippen LogP contribution in [0.15, 0.2) is 24.3 Å². The number of carbonyl (C=O) groups excluding carboxylic acids is 1. The molecule has 1 aliphatic rings. The maximum atomic E-state index is 12.5. The van der Waals surface area contributed by atoms with Crippen LogP contribution in [0.1, 0.15) is 34.2 Å². The summed E-state index contributed by atoms with van der Waals surface area (Å²) in [6, 6.07) is 7.74. The fourth-order valence-electron chi connectivity index (χ4n) is 2.55. The minimum Gasteiger partial charge on any atom is -0.384 e. The van der Waals surface area contributed by atoms with Gasteiger partial charge in [-0.05, 0) is 49.6 Å². The quantitative estimate of drug-likeness (QED) is 0.908. The molecule has 2 heterocycles. The van der Waals surface area contributed by atoms with E-state index in [9.17, 15) is 4.79 Å². The van der Waals surface area contributed by atoms with Crippen molar-refractivity contribution < 1.29 is 4.79 Å². The molecule has 1 amide bonds. The zero-order valence-corrected chi connectivity index (χ0v) is 12.2. The van der Waals surface area contributed by atoms with E-state index in [0.29, 0.717) is 12.0 Å². The number of carbonyl (C=O) groups is 1. The molecule has 1 aromatic heterocycles. The van der Waals surface area contributed by atoms with Crippen molar-refractivity contribution in [3.63, 3.8) is 0 Å². The van der Waals surface area contributed by atoms with Crippen LogP contribution in [-0.2, 0) is 12.8 Å². The van der Waals surface area contributed by atoms with Gasteiger partial charge in [-0.25, -0.2) is 0 Å². The Balaban J connectivity index is 1.85. The smallest absolute Gasteiger partial charge is 0.257 e. The van der Waals surface area contributed by atoms with Crippen LogP contribution in [0.4, 0.5) is 11.4 Å². The van der Waals surface area contributed by atoms with Crippen LogP contribution in [-0.4, -0.2) is 22.6 Å². The molecule has 0 saturated carbocycles. The van der Waals surface area contributed by atoms with Gasteiger partial charge in [0.15, 0.2) is 0 Å². The third-order valence-corrected chi connectivity index (χ3v) is 3.64. The van der Waals surface area contributed by atoms with Crippen LogP contribution >= 0.6 is 0 Å². The number of benzene rings is 1. The molecule has 1 aromatic carbocycles. The summed E-state index contributed by atoms with van der Waals surface area (Å²) in [6.07, 6.45) is 1.68. The molecule has 0 unspecified atom stereocenters. The largest absolute Gasteiger partial charge is 0.384 e.